The molecule has 0 radical (unpaired) electrons. The molecule has 108 valence electrons. The van der Waals surface area contributed by atoms with Crippen LogP contribution >= 0.6 is 0 Å². The third-order valence-corrected chi connectivity index (χ3v) is 4.88. The zero-order valence-electron chi connectivity index (χ0n) is 11.6. The molecule has 0 aliphatic rings. The summed E-state index contributed by atoms with van der Waals surface area (Å²) in [5.74, 6) is -0.635. The van der Waals surface area contributed by atoms with E-state index < -0.39 is 16.0 Å². The van der Waals surface area contributed by atoms with Crippen LogP contribution in [0.5, 0.6) is 0 Å². The van der Waals surface area contributed by atoms with Gasteiger partial charge < -0.3 is 4.74 Å². The Labute approximate surface area is 118 Å². The minimum absolute atomic E-state index is 0.0299. The average molecular weight is 296 g/mol. The van der Waals surface area contributed by atoms with Gasteiger partial charge in [0.2, 0.25) is 10.0 Å². The summed E-state index contributed by atoms with van der Waals surface area (Å²) in [6.07, 6.45) is 0. The molecule has 0 aromatic heterocycles. The zero-order chi connectivity index (χ0) is 15.3. The minimum atomic E-state index is -3.84. The molecule has 6 nitrogen and oxygen atoms in total. The molecule has 0 aliphatic heterocycles. The first kappa shape index (κ1) is 16.1. The van der Waals surface area contributed by atoms with Gasteiger partial charge in [-0.1, -0.05) is 13.0 Å². The van der Waals surface area contributed by atoms with Crippen LogP contribution in [0.25, 0.3) is 0 Å². The van der Waals surface area contributed by atoms with Gasteiger partial charge in [0.25, 0.3) is 0 Å². The number of hydrogen-bond acceptors (Lipinski definition) is 5. The van der Waals surface area contributed by atoms with Gasteiger partial charge in [-0.15, -0.1) is 0 Å². The highest BCUT2D eigenvalue weighted by molar-refractivity contribution is 7.89. The number of nitrogens with zero attached hydrogens (tertiary/aromatic N) is 2. The number of methoxy groups -OCH3 is 1. The maximum Gasteiger partial charge on any atom is 0.321 e. The van der Waals surface area contributed by atoms with Crippen LogP contribution in [0, 0.1) is 18.3 Å². The highest BCUT2D eigenvalue weighted by atomic mass is 32.2. The number of carbonyl (C=O) groups excluding carboxylic acids is 1. The monoisotopic (exact) mass is 296 g/mol. The summed E-state index contributed by atoms with van der Waals surface area (Å²) >= 11 is 0. The summed E-state index contributed by atoms with van der Waals surface area (Å²) in [7, 11) is -2.64. The van der Waals surface area contributed by atoms with E-state index in [2.05, 4.69) is 4.74 Å². The Bertz CT molecular complexity index is 647. The number of aryl methyl sites for hydroxylation is 1. The molecular weight excluding hydrogens is 280 g/mol. The molecule has 1 aromatic carbocycles. The van der Waals surface area contributed by atoms with Gasteiger partial charge in [-0.05, 0) is 24.6 Å². The van der Waals surface area contributed by atoms with Crippen molar-refractivity contribution in [3.63, 3.8) is 0 Å². The fourth-order valence-corrected chi connectivity index (χ4v) is 3.31. The average Bonchev–Trinajstić information content (AvgIpc) is 2.44. The predicted octanol–water partition coefficient (Wildman–Crippen LogP) is 1.05. The third kappa shape index (κ3) is 3.35. The molecular formula is C13H16N2O4S. The van der Waals surface area contributed by atoms with E-state index in [9.17, 15) is 13.2 Å². The van der Waals surface area contributed by atoms with Crippen molar-refractivity contribution in [3.8, 4) is 6.07 Å². The van der Waals surface area contributed by atoms with E-state index >= 15 is 0 Å². The molecule has 0 N–H and O–H groups in total. The van der Waals surface area contributed by atoms with Gasteiger partial charge in [0.15, 0.2) is 0 Å². The number of rotatable bonds is 5. The third-order valence-electron chi connectivity index (χ3n) is 2.82. The molecule has 1 aromatic rings. The molecule has 0 saturated carbocycles. The van der Waals surface area contributed by atoms with Crippen molar-refractivity contribution < 1.29 is 17.9 Å². The van der Waals surface area contributed by atoms with Crippen molar-refractivity contribution >= 4 is 16.0 Å². The molecule has 0 heterocycles. The molecule has 7 heteroatoms. The van der Waals surface area contributed by atoms with Crippen molar-refractivity contribution in [3.05, 3.63) is 29.3 Å². The lowest BCUT2D eigenvalue weighted by molar-refractivity contribution is -0.140. The Morgan fingerprint density at radius 1 is 1.45 bits per heavy atom. The van der Waals surface area contributed by atoms with Crippen LogP contribution in [0.15, 0.2) is 23.1 Å². The number of sulfonamides is 1. The van der Waals surface area contributed by atoms with Crippen LogP contribution in [0.1, 0.15) is 18.1 Å². The van der Waals surface area contributed by atoms with Crippen LogP contribution in [-0.2, 0) is 19.6 Å². The van der Waals surface area contributed by atoms with E-state index in [1.165, 1.54) is 13.2 Å². The first-order chi connectivity index (χ1) is 9.36. The van der Waals surface area contributed by atoms with Crippen molar-refractivity contribution in [2.24, 2.45) is 0 Å². The Morgan fingerprint density at radius 2 is 2.10 bits per heavy atom. The first-order valence-corrected chi connectivity index (χ1v) is 7.38. The van der Waals surface area contributed by atoms with Gasteiger partial charge in [0.1, 0.15) is 6.54 Å². The second kappa shape index (κ2) is 6.50. The molecule has 1 rings (SSSR count). The van der Waals surface area contributed by atoms with Crippen LogP contribution in [-0.4, -0.2) is 38.9 Å². The van der Waals surface area contributed by atoms with E-state index in [1.54, 1.807) is 26.0 Å². The van der Waals surface area contributed by atoms with E-state index in [0.717, 1.165) is 4.31 Å². The Balaban J connectivity index is 3.27. The molecule has 20 heavy (non-hydrogen) atoms. The quantitative estimate of drug-likeness (QED) is 0.758. The highest BCUT2D eigenvalue weighted by Gasteiger charge is 2.27. The largest absolute Gasteiger partial charge is 0.468 e. The van der Waals surface area contributed by atoms with Crippen molar-refractivity contribution in [1.82, 2.24) is 4.31 Å². The maximum atomic E-state index is 12.5. The Kier molecular flexibility index (Phi) is 5.25. The summed E-state index contributed by atoms with van der Waals surface area (Å²) in [4.78, 5) is 11.3. The highest BCUT2D eigenvalue weighted by Crippen LogP contribution is 2.21. The van der Waals surface area contributed by atoms with Crippen molar-refractivity contribution in [2.45, 2.75) is 18.7 Å². The Hall–Kier alpha value is -1.91. The lowest BCUT2D eigenvalue weighted by atomic mass is 10.2. The van der Waals surface area contributed by atoms with Gasteiger partial charge in [-0.25, -0.2) is 8.42 Å². The van der Waals surface area contributed by atoms with Gasteiger partial charge in [0, 0.05) is 6.54 Å². The zero-order valence-corrected chi connectivity index (χ0v) is 12.4. The molecule has 0 aliphatic carbocycles. The Morgan fingerprint density at radius 3 is 2.60 bits per heavy atom. The summed E-state index contributed by atoms with van der Waals surface area (Å²) in [6, 6.07) is 6.32. The van der Waals surface area contributed by atoms with Crippen LogP contribution in [0.3, 0.4) is 0 Å². The number of ether oxygens (including phenoxy) is 1. The number of nitriles is 1. The number of carbonyl (C=O) groups is 1. The lowest BCUT2D eigenvalue weighted by Gasteiger charge is -2.20. The molecule has 0 fully saturated rings. The fraction of sp³-hybridized carbons (Fsp3) is 0.385. The SMILES string of the molecule is CCN(CC(=O)OC)S(=O)(=O)c1cc(C#N)ccc1C. The van der Waals surface area contributed by atoms with Crippen LogP contribution < -0.4 is 0 Å². The summed E-state index contributed by atoms with van der Waals surface area (Å²) in [5.41, 5.74) is 0.774. The molecule has 0 atom stereocenters. The van der Waals surface area contributed by atoms with E-state index in [0.29, 0.717) is 5.56 Å². The smallest absolute Gasteiger partial charge is 0.321 e. The molecule has 0 amide bonds. The van der Waals surface area contributed by atoms with Gasteiger partial charge in [0.05, 0.1) is 23.6 Å². The van der Waals surface area contributed by atoms with Crippen molar-refractivity contribution in [2.75, 3.05) is 20.2 Å². The molecule has 0 unspecified atom stereocenters. The number of esters is 1. The second-order valence-electron chi connectivity index (χ2n) is 4.10. The minimum Gasteiger partial charge on any atom is -0.468 e. The van der Waals surface area contributed by atoms with Gasteiger partial charge >= 0.3 is 5.97 Å². The van der Waals surface area contributed by atoms with Crippen molar-refractivity contribution in [1.29, 1.82) is 5.26 Å². The first-order valence-electron chi connectivity index (χ1n) is 5.94. The van der Waals surface area contributed by atoms with Crippen LogP contribution in [0.2, 0.25) is 0 Å². The number of likely N-dealkylation sites (N-methyl/N-ethyl adjacent to an activating group) is 1. The van der Waals surface area contributed by atoms with E-state index in [1.807, 2.05) is 6.07 Å². The summed E-state index contributed by atoms with van der Waals surface area (Å²) in [6.45, 7) is 3.04. The number of hydrogen-bond donors (Lipinski definition) is 0. The second-order valence-corrected chi connectivity index (χ2v) is 6.01. The molecule has 0 saturated heterocycles. The van der Waals surface area contributed by atoms with Gasteiger partial charge in [-0.3, -0.25) is 4.79 Å². The standard InChI is InChI=1S/C13H16N2O4S/c1-4-15(9-13(16)19-3)20(17,18)12-7-11(8-14)6-5-10(12)2/h5-7H,4,9H2,1-3H3. The molecule has 0 bridgehead atoms. The topological polar surface area (TPSA) is 87.5 Å². The molecule has 0 spiro atoms. The van der Waals surface area contributed by atoms with Gasteiger partial charge in [-0.2, -0.15) is 9.57 Å². The summed E-state index contributed by atoms with van der Waals surface area (Å²) in [5, 5.41) is 8.87. The fourth-order valence-electron chi connectivity index (χ4n) is 1.66. The lowest BCUT2D eigenvalue weighted by Crippen LogP contribution is -2.36. The number of benzene rings is 1. The summed E-state index contributed by atoms with van der Waals surface area (Å²) < 4.78 is 30.5. The predicted molar refractivity (Wildman–Crippen MR) is 72.3 cm³/mol. The van der Waals surface area contributed by atoms with E-state index in [4.69, 9.17) is 5.26 Å². The van der Waals surface area contributed by atoms with Crippen LogP contribution in [0.4, 0.5) is 0 Å². The maximum absolute atomic E-state index is 12.5. The van der Waals surface area contributed by atoms with E-state index in [-0.39, 0.29) is 23.5 Å². The normalized spacial score (nSPS) is 11.2.